The van der Waals surface area contributed by atoms with Crippen LogP contribution in [-0.4, -0.2) is 99.7 Å². The van der Waals surface area contributed by atoms with Crippen LogP contribution in [0.1, 0.15) is 40.0 Å². The molecule has 0 unspecified atom stereocenters. The Morgan fingerprint density at radius 1 is 0.975 bits per heavy atom. The second-order valence-corrected chi connectivity index (χ2v) is 9.76. The second-order valence-electron chi connectivity index (χ2n) is 9.76. The first-order chi connectivity index (χ1) is 19.0. The third kappa shape index (κ3) is 5.10. The number of hydrogen-bond acceptors (Lipinski definition) is 8. The number of likely N-dealkylation sites (tertiary alicyclic amines) is 1. The van der Waals surface area contributed by atoms with Gasteiger partial charge in [0.2, 0.25) is 0 Å². The van der Waals surface area contributed by atoms with Gasteiger partial charge in [0.15, 0.2) is 11.6 Å². The number of piperidine rings is 1. The number of tetrazole rings is 1. The number of nitrogens with one attached hydrogen (secondary N) is 1. The molecule has 1 aromatic heterocycles. The molecule has 3 aromatic carbocycles. The molecule has 199 valence electrons. The molecule has 1 fully saturated rings. The Bertz CT molecular complexity index is 1510. The molecule has 0 saturated carbocycles. The molecule has 0 aliphatic carbocycles. The minimum atomic E-state index is -0.636. The first-order valence-corrected chi connectivity index (χ1v) is 12.7. The summed E-state index contributed by atoms with van der Waals surface area (Å²) in [6.07, 6.45) is 1.36. The van der Waals surface area contributed by atoms with Gasteiger partial charge in [-0.25, -0.2) is 5.10 Å². The predicted molar refractivity (Wildman–Crippen MR) is 148 cm³/mol. The van der Waals surface area contributed by atoms with Crippen LogP contribution in [0, 0.1) is 0 Å². The smallest absolute Gasteiger partial charge is 0.254 e. The van der Waals surface area contributed by atoms with Crippen molar-refractivity contribution in [1.29, 1.82) is 0 Å². The van der Waals surface area contributed by atoms with Crippen LogP contribution >= 0.6 is 0 Å². The van der Waals surface area contributed by atoms with Crippen LogP contribution in [0.4, 0.5) is 0 Å². The molecule has 10 nitrogen and oxygen atoms in total. The predicted octanol–water partition coefficient (Wildman–Crippen LogP) is 3.81. The van der Waals surface area contributed by atoms with E-state index in [9.17, 15) is 9.59 Å². The molecular formula is C29H27N5NaO5. The summed E-state index contributed by atoms with van der Waals surface area (Å²) in [7, 11) is 3.17. The summed E-state index contributed by atoms with van der Waals surface area (Å²) >= 11 is 0. The molecule has 1 spiro atoms. The first kappa shape index (κ1) is 27.8. The fourth-order valence-corrected chi connectivity index (χ4v) is 5.43. The van der Waals surface area contributed by atoms with Crippen LogP contribution in [-0.2, 0) is 0 Å². The minimum Gasteiger partial charge on any atom is -0.496 e. The normalized spacial score (nSPS) is 15.6. The van der Waals surface area contributed by atoms with E-state index in [-0.39, 0.29) is 47.7 Å². The van der Waals surface area contributed by atoms with E-state index in [1.165, 1.54) is 0 Å². The zero-order valence-corrected chi connectivity index (χ0v) is 24.6. The number of H-pyrrole nitrogens is 1. The van der Waals surface area contributed by atoms with Gasteiger partial charge in [-0.2, -0.15) is 0 Å². The molecule has 1 N–H and O–H groups in total. The molecule has 11 heteroatoms. The zero-order valence-electron chi connectivity index (χ0n) is 22.6. The maximum Gasteiger partial charge on any atom is 0.254 e. The Morgan fingerprint density at radius 3 is 2.30 bits per heavy atom. The van der Waals surface area contributed by atoms with Crippen LogP contribution in [0.15, 0.2) is 60.7 Å². The van der Waals surface area contributed by atoms with Crippen LogP contribution in [0.3, 0.4) is 0 Å². The Morgan fingerprint density at radius 2 is 1.68 bits per heavy atom. The number of carbonyl (C=O) groups is 2. The summed E-state index contributed by atoms with van der Waals surface area (Å²) in [5, 5.41) is 13.8. The average Bonchev–Trinajstić information content (AvgIpc) is 3.52. The van der Waals surface area contributed by atoms with Crippen molar-refractivity contribution >= 4 is 41.2 Å². The van der Waals surface area contributed by atoms with Gasteiger partial charge < -0.3 is 19.1 Å². The monoisotopic (exact) mass is 548 g/mol. The fraction of sp³-hybridized carbons (Fsp3) is 0.276. The molecule has 0 atom stereocenters. The molecule has 0 bridgehead atoms. The van der Waals surface area contributed by atoms with E-state index in [0.717, 1.165) is 16.7 Å². The number of ether oxygens (including phenoxy) is 3. The maximum atomic E-state index is 13.6. The molecule has 1 radical (unpaired) electrons. The Balaban J connectivity index is 0.00000323. The third-order valence-corrected chi connectivity index (χ3v) is 7.49. The average molecular weight is 549 g/mol. The standard InChI is InChI=1S/C29H27N5O5.Na/c1-37-24-15-20(16-25(38-2)26(24)18-6-4-3-5-7-18)28(36)34-12-10-29(11-13-34)17-22(35)21-14-19(8-9-23(21)39-29)27-30-32-33-31-27;/h3-9,14-16H,10-13,17H2,1-2H3,(H,30,31,32,33);. The van der Waals surface area contributed by atoms with E-state index in [2.05, 4.69) is 20.6 Å². The summed E-state index contributed by atoms with van der Waals surface area (Å²) < 4.78 is 17.7. The van der Waals surface area contributed by atoms with E-state index >= 15 is 0 Å². The van der Waals surface area contributed by atoms with Crippen molar-refractivity contribution in [2.24, 2.45) is 0 Å². The molecular weight excluding hydrogens is 521 g/mol. The molecule has 1 amide bonds. The van der Waals surface area contributed by atoms with Gasteiger partial charge in [0.1, 0.15) is 22.8 Å². The first-order valence-electron chi connectivity index (χ1n) is 12.7. The van der Waals surface area contributed by atoms with Gasteiger partial charge in [0.25, 0.3) is 5.91 Å². The Labute approximate surface area is 253 Å². The van der Waals surface area contributed by atoms with E-state index < -0.39 is 5.60 Å². The zero-order chi connectivity index (χ0) is 27.0. The molecule has 1 saturated heterocycles. The van der Waals surface area contributed by atoms with Crippen LogP contribution in [0.25, 0.3) is 22.5 Å². The van der Waals surface area contributed by atoms with Gasteiger partial charge >= 0.3 is 0 Å². The van der Waals surface area contributed by atoms with Gasteiger partial charge in [-0.3, -0.25) is 9.59 Å². The van der Waals surface area contributed by atoms with Crippen molar-refractivity contribution < 1.29 is 23.8 Å². The summed E-state index contributed by atoms with van der Waals surface area (Å²) in [5.41, 5.74) is 2.82. The minimum absolute atomic E-state index is 0. The number of hydrogen-bond donors (Lipinski definition) is 1. The van der Waals surface area contributed by atoms with E-state index in [1.807, 2.05) is 36.4 Å². The third-order valence-electron chi connectivity index (χ3n) is 7.49. The summed E-state index contributed by atoms with van der Waals surface area (Å²) in [5.74, 6) is 2.06. The number of benzene rings is 3. The van der Waals surface area contributed by atoms with Crippen LogP contribution < -0.4 is 14.2 Å². The van der Waals surface area contributed by atoms with Crippen molar-refractivity contribution in [3.05, 3.63) is 71.8 Å². The number of Topliss-reactive ketones (excluding diaryl/α,β-unsaturated/α-hetero) is 1. The number of ketones is 1. The molecule has 2 aliphatic heterocycles. The van der Waals surface area contributed by atoms with Crippen LogP contribution in [0.2, 0.25) is 0 Å². The van der Waals surface area contributed by atoms with Crippen molar-refractivity contribution in [1.82, 2.24) is 25.5 Å². The van der Waals surface area contributed by atoms with Gasteiger partial charge in [0.05, 0.1) is 31.8 Å². The largest absolute Gasteiger partial charge is 0.496 e. The number of methoxy groups -OCH3 is 2. The summed E-state index contributed by atoms with van der Waals surface area (Å²) in [6, 6.07) is 18.7. The number of rotatable bonds is 5. The second kappa shape index (κ2) is 11.4. The van der Waals surface area contributed by atoms with E-state index in [0.29, 0.717) is 60.1 Å². The van der Waals surface area contributed by atoms with Crippen molar-refractivity contribution in [3.8, 4) is 39.8 Å². The number of nitrogens with zero attached hydrogens (tertiary/aromatic N) is 4. The topological polar surface area (TPSA) is 120 Å². The van der Waals surface area contributed by atoms with Crippen molar-refractivity contribution in [2.75, 3.05) is 27.3 Å². The molecule has 4 aromatic rings. The molecule has 40 heavy (non-hydrogen) atoms. The molecule has 2 aliphatic rings. The van der Waals surface area contributed by atoms with E-state index in [4.69, 9.17) is 14.2 Å². The van der Waals surface area contributed by atoms with Crippen molar-refractivity contribution in [2.45, 2.75) is 24.9 Å². The SMILES string of the molecule is COc1cc(C(=O)N2CCC3(CC2)CC(=O)c2cc(-c4nnn[nH]4)ccc2O3)cc(OC)c1-c1ccccc1.[Na]. The number of carbonyl (C=O) groups excluding carboxylic acids is 2. The molecule has 6 rings (SSSR count). The van der Waals surface area contributed by atoms with Crippen LogP contribution in [0.5, 0.6) is 17.2 Å². The number of fused-ring (bicyclic) bond motifs is 1. The fourth-order valence-electron chi connectivity index (χ4n) is 5.43. The van der Waals surface area contributed by atoms with Gasteiger partial charge in [-0.1, -0.05) is 30.3 Å². The Hall–Kier alpha value is -3.73. The number of amides is 1. The summed E-state index contributed by atoms with van der Waals surface area (Å²) in [6.45, 7) is 0.933. The molecule has 3 heterocycles. The Kier molecular flexibility index (Phi) is 7.93. The quantitative estimate of drug-likeness (QED) is 0.374. The maximum absolute atomic E-state index is 13.6. The van der Waals surface area contributed by atoms with Crippen molar-refractivity contribution in [3.63, 3.8) is 0 Å². The number of aromatic amines is 1. The van der Waals surface area contributed by atoms with Gasteiger partial charge in [0, 0.05) is 66.6 Å². The van der Waals surface area contributed by atoms with Gasteiger partial charge in [-0.05, 0) is 46.3 Å². The summed E-state index contributed by atoms with van der Waals surface area (Å²) in [4.78, 5) is 28.5. The number of aromatic nitrogens is 4. The van der Waals surface area contributed by atoms with E-state index in [1.54, 1.807) is 43.4 Å². The van der Waals surface area contributed by atoms with Gasteiger partial charge in [-0.15, -0.1) is 5.10 Å².